The van der Waals surface area contributed by atoms with Crippen molar-refractivity contribution in [2.45, 2.75) is 12.6 Å². The van der Waals surface area contributed by atoms with Crippen molar-refractivity contribution in [3.8, 4) is 11.5 Å². The van der Waals surface area contributed by atoms with Crippen molar-refractivity contribution in [2.24, 2.45) is 0 Å². The number of benzene rings is 3. The van der Waals surface area contributed by atoms with E-state index in [1.165, 1.54) is 7.11 Å². The maximum Gasteiger partial charge on any atom is 0.331 e. The third-order valence-corrected chi connectivity index (χ3v) is 6.96. The number of thiocarbonyl (C=S) groups is 1. The van der Waals surface area contributed by atoms with E-state index >= 15 is 0 Å². The van der Waals surface area contributed by atoms with Crippen molar-refractivity contribution in [1.29, 1.82) is 0 Å². The van der Waals surface area contributed by atoms with Crippen molar-refractivity contribution in [1.82, 2.24) is 4.90 Å². The highest BCUT2D eigenvalue weighted by molar-refractivity contribution is 8.26. The molecule has 1 N–H and O–H groups in total. The second-order valence-electron chi connectivity index (χ2n) is 7.49. The number of carbonyl (C=O) groups is 2. The van der Waals surface area contributed by atoms with Gasteiger partial charge in [-0.1, -0.05) is 90.2 Å². The van der Waals surface area contributed by atoms with Gasteiger partial charge < -0.3 is 14.6 Å². The van der Waals surface area contributed by atoms with E-state index in [-0.39, 0.29) is 10.9 Å². The summed E-state index contributed by atoms with van der Waals surface area (Å²) in [5, 5.41) is 10.4. The van der Waals surface area contributed by atoms with E-state index in [1.54, 1.807) is 60.7 Å². The Morgan fingerprint density at radius 2 is 1.83 bits per heavy atom. The number of ether oxygens (including phenoxy) is 2. The Kier molecular flexibility index (Phi) is 7.75. The smallest absolute Gasteiger partial charge is 0.331 e. The minimum absolute atomic E-state index is 0.184. The molecule has 0 saturated carbocycles. The van der Waals surface area contributed by atoms with Gasteiger partial charge in [0.25, 0.3) is 5.91 Å². The molecule has 0 aliphatic carbocycles. The zero-order valence-electron chi connectivity index (χ0n) is 18.5. The highest BCUT2D eigenvalue weighted by atomic mass is 35.5. The summed E-state index contributed by atoms with van der Waals surface area (Å²) >= 11 is 12.6. The fraction of sp³-hybridized carbons (Fsp3) is 0.115. The van der Waals surface area contributed by atoms with Gasteiger partial charge in [-0.05, 0) is 35.4 Å². The molecule has 3 aromatic carbocycles. The first-order valence-corrected chi connectivity index (χ1v) is 12.1. The summed E-state index contributed by atoms with van der Waals surface area (Å²) in [6.07, 6.45) is 1.66. The highest BCUT2D eigenvalue weighted by Gasteiger charge is 2.41. The van der Waals surface area contributed by atoms with Gasteiger partial charge in [-0.15, -0.1) is 0 Å². The summed E-state index contributed by atoms with van der Waals surface area (Å²) in [6.45, 7) is 0.268. The summed E-state index contributed by atoms with van der Waals surface area (Å²) in [7, 11) is 1.53. The van der Waals surface area contributed by atoms with Crippen LogP contribution in [0.3, 0.4) is 0 Å². The van der Waals surface area contributed by atoms with Crippen molar-refractivity contribution >= 4 is 57.9 Å². The van der Waals surface area contributed by atoms with Crippen LogP contribution in [0.5, 0.6) is 11.5 Å². The molecule has 1 atom stereocenters. The average molecular weight is 526 g/mol. The van der Waals surface area contributed by atoms with Crippen LogP contribution in [0.2, 0.25) is 5.02 Å². The second kappa shape index (κ2) is 10.9. The van der Waals surface area contributed by atoms with Gasteiger partial charge in [-0.25, -0.2) is 4.79 Å². The highest BCUT2D eigenvalue weighted by Crippen LogP contribution is 2.39. The topological polar surface area (TPSA) is 76.1 Å². The fourth-order valence-corrected chi connectivity index (χ4v) is 5.06. The third kappa shape index (κ3) is 5.51. The van der Waals surface area contributed by atoms with Crippen LogP contribution in [0.4, 0.5) is 0 Å². The monoisotopic (exact) mass is 525 g/mol. The molecule has 9 heteroatoms. The number of halogens is 1. The van der Waals surface area contributed by atoms with Gasteiger partial charge in [0.15, 0.2) is 17.5 Å². The number of hydrogen-bond donors (Lipinski definition) is 1. The Balaban J connectivity index is 1.56. The number of aliphatic carboxylic acids is 1. The third-order valence-electron chi connectivity index (χ3n) is 5.26. The van der Waals surface area contributed by atoms with Crippen molar-refractivity contribution in [3.63, 3.8) is 0 Å². The number of hydrogen-bond acceptors (Lipinski definition) is 6. The standard InChI is InChI=1S/C26H20ClNO5S2/c1-32-21-13-16(11-12-20(21)33-15-18-9-5-6-10-19(18)27)14-22-24(29)28(26(34)35-22)23(25(30)31)17-7-3-2-4-8-17/h2-14,23H,15H2,1H3,(H,30,31)/b22-14-/t23-/m0/s1. The zero-order valence-corrected chi connectivity index (χ0v) is 20.9. The lowest BCUT2D eigenvalue weighted by Crippen LogP contribution is -2.37. The normalized spacial score (nSPS) is 15.4. The summed E-state index contributed by atoms with van der Waals surface area (Å²) in [6, 6.07) is 20.0. The van der Waals surface area contributed by atoms with Crippen LogP contribution >= 0.6 is 35.6 Å². The predicted octanol–water partition coefficient (Wildman–Crippen LogP) is 5.95. The van der Waals surface area contributed by atoms with Crippen LogP contribution in [-0.2, 0) is 16.2 Å². The van der Waals surface area contributed by atoms with Crippen molar-refractivity contribution < 1.29 is 24.2 Å². The fourth-order valence-electron chi connectivity index (χ4n) is 3.56. The van der Waals surface area contributed by atoms with Crippen molar-refractivity contribution in [3.05, 3.63) is 99.4 Å². The molecule has 1 fully saturated rings. The van der Waals surface area contributed by atoms with Crippen LogP contribution in [-0.4, -0.2) is 33.3 Å². The molecule has 1 aliphatic rings. The molecule has 0 bridgehead atoms. The largest absolute Gasteiger partial charge is 0.493 e. The molecule has 0 aromatic heterocycles. The maximum atomic E-state index is 13.2. The molecule has 1 amide bonds. The SMILES string of the molecule is COc1cc(/C=C2\SC(=S)N([C@H](C(=O)O)c3ccccc3)C2=O)ccc1OCc1ccccc1Cl. The van der Waals surface area contributed by atoms with Crippen LogP contribution in [0.15, 0.2) is 77.7 Å². The van der Waals surface area contributed by atoms with Gasteiger partial charge >= 0.3 is 5.97 Å². The number of thioether (sulfide) groups is 1. The van der Waals surface area contributed by atoms with E-state index in [4.69, 9.17) is 33.3 Å². The number of nitrogens with zero attached hydrogens (tertiary/aromatic N) is 1. The Labute approximate surface area is 217 Å². The first-order valence-electron chi connectivity index (χ1n) is 10.5. The first kappa shape index (κ1) is 24.8. The minimum atomic E-state index is -1.20. The second-order valence-corrected chi connectivity index (χ2v) is 9.58. The summed E-state index contributed by atoms with van der Waals surface area (Å²) in [4.78, 5) is 26.7. The zero-order chi connectivity index (χ0) is 24.9. The molecule has 4 rings (SSSR count). The molecule has 1 saturated heterocycles. The van der Waals surface area contributed by atoms with Gasteiger partial charge in [-0.2, -0.15) is 0 Å². The first-order chi connectivity index (χ1) is 16.9. The molecule has 1 heterocycles. The number of methoxy groups -OCH3 is 1. The Morgan fingerprint density at radius 3 is 2.51 bits per heavy atom. The molecular weight excluding hydrogens is 506 g/mol. The summed E-state index contributed by atoms with van der Waals surface area (Å²) in [5.74, 6) is -0.620. The Bertz CT molecular complexity index is 1310. The lowest BCUT2D eigenvalue weighted by molar-refractivity contribution is -0.145. The van der Waals surface area contributed by atoms with Crippen LogP contribution in [0.25, 0.3) is 6.08 Å². The maximum absolute atomic E-state index is 13.2. The van der Waals surface area contributed by atoms with Gasteiger partial charge in [0.05, 0.1) is 12.0 Å². The number of carboxylic acid groups (broad SMARTS) is 1. The van der Waals surface area contributed by atoms with E-state index in [0.717, 1.165) is 22.2 Å². The molecule has 178 valence electrons. The lowest BCUT2D eigenvalue weighted by atomic mass is 10.1. The van der Waals surface area contributed by atoms with E-state index in [0.29, 0.717) is 32.6 Å². The molecule has 3 aromatic rings. The lowest BCUT2D eigenvalue weighted by Gasteiger charge is -2.23. The van der Waals surface area contributed by atoms with E-state index in [1.807, 2.05) is 18.2 Å². The molecule has 6 nitrogen and oxygen atoms in total. The van der Waals surface area contributed by atoms with Gasteiger partial charge in [-0.3, -0.25) is 9.69 Å². The molecule has 0 spiro atoms. The summed E-state index contributed by atoms with van der Waals surface area (Å²) < 4.78 is 11.5. The van der Waals surface area contributed by atoms with Gasteiger partial charge in [0.1, 0.15) is 10.9 Å². The van der Waals surface area contributed by atoms with Gasteiger partial charge in [0, 0.05) is 10.6 Å². The van der Waals surface area contributed by atoms with E-state index in [2.05, 4.69) is 0 Å². The van der Waals surface area contributed by atoms with Crippen molar-refractivity contribution in [2.75, 3.05) is 7.11 Å². The minimum Gasteiger partial charge on any atom is -0.493 e. The number of carboxylic acids is 1. The average Bonchev–Trinajstić information content (AvgIpc) is 3.12. The van der Waals surface area contributed by atoms with Crippen LogP contribution in [0.1, 0.15) is 22.7 Å². The predicted molar refractivity (Wildman–Crippen MR) is 141 cm³/mol. The quantitative estimate of drug-likeness (QED) is 0.287. The summed E-state index contributed by atoms with van der Waals surface area (Å²) in [5.41, 5.74) is 1.99. The van der Waals surface area contributed by atoms with Gasteiger partial charge in [0.2, 0.25) is 0 Å². The molecule has 0 radical (unpaired) electrons. The Morgan fingerprint density at radius 1 is 1.11 bits per heavy atom. The number of carbonyl (C=O) groups excluding carboxylic acids is 1. The van der Waals surface area contributed by atoms with Crippen LogP contribution < -0.4 is 9.47 Å². The molecular formula is C26H20ClNO5S2. The van der Waals surface area contributed by atoms with E-state index < -0.39 is 17.9 Å². The number of amides is 1. The Hall–Kier alpha value is -3.33. The van der Waals surface area contributed by atoms with E-state index in [9.17, 15) is 14.7 Å². The molecule has 1 aliphatic heterocycles. The number of rotatable bonds is 8. The molecule has 35 heavy (non-hydrogen) atoms. The molecule has 0 unspecified atom stereocenters. The van der Waals surface area contributed by atoms with Crippen LogP contribution in [0, 0.1) is 0 Å².